The van der Waals surface area contributed by atoms with Gasteiger partial charge in [-0.3, -0.25) is 0 Å². The molecule has 4 heteroatoms. The number of fused-ring (bicyclic) bond motifs is 1. The SMILES string of the molecule is Oc1cccc(-c2oc3ccccc3c2-c2cc(O)cc(O)c2)c1. The third-order valence-electron chi connectivity index (χ3n) is 3.90. The van der Waals surface area contributed by atoms with Crippen molar-refractivity contribution in [3.63, 3.8) is 0 Å². The van der Waals surface area contributed by atoms with Crippen molar-refractivity contribution >= 4 is 11.0 Å². The number of phenolic OH excluding ortho intramolecular Hbond substituents is 3. The van der Waals surface area contributed by atoms with Gasteiger partial charge in [0.25, 0.3) is 0 Å². The number of phenols is 3. The molecule has 0 atom stereocenters. The molecule has 1 heterocycles. The van der Waals surface area contributed by atoms with E-state index in [1.165, 1.54) is 6.07 Å². The lowest BCUT2D eigenvalue weighted by molar-refractivity contribution is 0.451. The quantitative estimate of drug-likeness (QED) is 0.492. The summed E-state index contributed by atoms with van der Waals surface area (Å²) in [5.41, 5.74) is 2.79. The van der Waals surface area contributed by atoms with Gasteiger partial charge in [-0.1, -0.05) is 30.3 Å². The van der Waals surface area contributed by atoms with Crippen LogP contribution >= 0.6 is 0 Å². The Labute approximate surface area is 137 Å². The molecule has 0 aliphatic rings. The van der Waals surface area contributed by atoms with Crippen molar-refractivity contribution in [1.29, 1.82) is 0 Å². The molecule has 0 aliphatic carbocycles. The van der Waals surface area contributed by atoms with E-state index in [0.29, 0.717) is 22.5 Å². The molecule has 0 aliphatic heterocycles. The Morgan fingerprint density at radius 1 is 0.625 bits per heavy atom. The van der Waals surface area contributed by atoms with Crippen molar-refractivity contribution in [2.45, 2.75) is 0 Å². The van der Waals surface area contributed by atoms with E-state index < -0.39 is 0 Å². The zero-order valence-electron chi connectivity index (χ0n) is 12.6. The summed E-state index contributed by atoms with van der Waals surface area (Å²) in [5, 5.41) is 30.3. The van der Waals surface area contributed by atoms with Crippen molar-refractivity contribution in [3.8, 4) is 39.7 Å². The molecule has 4 rings (SSSR count). The number of para-hydroxylation sites is 1. The van der Waals surface area contributed by atoms with Crippen LogP contribution in [0, 0.1) is 0 Å². The summed E-state index contributed by atoms with van der Waals surface area (Å²) in [7, 11) is 0. The number of hydrogen-bond acceptors (Lipinski definition) is 4. The van der Waals surface area contributed by atoms with Gasteiger partial charge >= 0.3 is 0 Å². The van der Waals surface area contributed by atoms with Crippen molar-refractivity contribution in [2.24, 2.45) is 0 Å². The van der Waals surface area contributed by atoms with Gasteiger partial charge in [-0.25, -0.2) is 0 Å². The zero-order chi connectivity index (χ0) is 16.7. The summed E-state index contributed by atoms with van der Waals surface area (Å²) in [4.78, 5) is 0. The van der Waals surface area contributed by atoms with E-state index in [2.05, 4.69) is 0 Å². The fourth-order valence-electron chi connectivity index (χ4n) is 2.92. The molecule has 118 valence electrons. The molecule has 3 N–H and O–H groups in total. The monoisotopic (exact) mass is 318 g/mol. The molecule has 24 heavy (non-hydrogen) atoms. The molecule has 4 aromatic rings. The van der Waals surface area contributed by atoms with Crippen LogP contribution in [-0.2, 0) is 0 Å². The third kappa shape index (κ3) is 2.34. The van der Waals surface area contributed by atoms with Crippen molar-refractivity contribution in [3.05, 3.63) is 66.7 Å². The predicted octanol–water partition coefficient (Wildman–Crippen LogP) is 4.88. The molecule has 0 saturated heterocycles. The van der Waals surface area contributed by atoms with Crippen molar-refractivity contribution in [2.75, 3.05) is 0 Å². The van der Waals surface area contributed by atoms with Gasteiger partial charge in [-0.15, -0.1) is 0 Å². The summed E-state index contributed by atoms with van der Waals surface area (Å²) in [6.07, 6.45) is 0. The molecule has 0 fully saturated rings. The van der Waals surface area contributed by atoms with Crippen LogP contribution in [0.15, 0.2) is 71.1 Å². The highest BCUT2D eigenvalue weighted by molar-refractivity contribution is 6.02. The Balaban J connectivity index is 2.07. The van der Waals surface area contributed by atoms with E-state index in [0.717, 1.165) is 10.9 Å². The van der Waals surface area contributed by atoms with Gasteiger partial charge in [-0.2, -0.15) is 0 Å². The molecular formula is C20H14O4. The largest absolute Gasteiger partial charge is 0.508 e. The van der Waals surface area contributed by atoms with Crippen LogP contribution in [0.5, 0.6) is 17.2 Å². The first-order valence-electron chi connectivity index (χ1n) is 7.46. The first-order valence-corrected chi connectivity index (χ1v) is 7.46. The summed E-state index contributed by atoms with van der Waals surface area (Å²) in [6.45, 7) is 0. The summed E-state index contributed by atoms with van der Waals surface area (Å²) >= 11 is 0. The Morgan fingerprint density at radius 2 is 1.33 bits per heavy atom. The van der Waals surface area contributed by atoms with Crippen LogP contribution in [0.3, 0.4) is 0 Å². The Bertz CT molecular complexity index is 1030. The average molecular weight is 318 g/mol. The highest BCUT2D eigenvalue weighted by Crippen LogP contribution is 2.43. The van der Waals surface area contributed by atoms with Gasteiger partial charge in [0.1, 0.15) is 28.6 Å². The minimum absolute atomic E-state index is 0.0304. The standard InChI is InChI=1S/C20H14O4/c21-14-5-3-4-12(8-14)20-19(13-9-15(22)11-16(23)10-13)17-6-1-2-7-18(17)24-20/h1-11,21-23H. The normalized spacial score (nSPS) is 11.0. The minimum Gasteiger partial charge on any atom is -0.508 e. The smallest absolute Gasteiger partial charge is 0.143 e. The predicted molar refractivity (Wildman–Crippen MR) is 92.1 cm³/mol. The highest BCUT2D eigenvalue weighted by atomic mass is 16.3. The molecule has 0 spiro atoms. The maximum atomic E-state index is 9.84. The van der Waals surface area contributed by atoms with Crippen LogP contribution in [-0.4, -0.2) is 15.3 Å². The van der Waals surface area contributed by atoms with Crippen LogP contribution in [0.2, 0.25) is 0 Å². The molecule has 1 aromatic heterocycles. The molecule has 3 aromatic carbocycles. The molecule has 0 bridgehead atoms. The van der Waals surface area contributed by atoms with E-state index in [1.807, 2.05) is 30.3 Å². The number of aromatic hydroxyl groups is 3. The molecule has 0 amide bonds. The first-order chi connectivity index (χ1) is 11.6. The molecule has 0 radical (unpaired) electrons. The highest BCUT2D eigenvalue weighted by Gasteiger charge is 2.18. The van der Waals surface area contributed by atoms with Gasteiger partial charge in [0, 0.05) is 22.6 Å². The van der Waals surface area contributed by atoms with E-state index >= 15 is 0 Å². The van der Waals surface area contributed by atoms with Crippen LogP contribution < -0.4 is 0 Å². The van der Waals surface area contributed by atoms with Crippen LogP contribution in [0.1, 0.15) is 0 Å². The second-order valence-corrected chi connectivity index (χ2v) is 5.59. The molecule has 4 nitrogen and oxygen atoms in total. The van der Waals surface area contributed by atoms with Gasteiger partial charge in [0.2, 0.25) is 0 Å². The maximum Gasteiger partial charge on any atom is 0.143 e. The van der Waals surface area contributed by atoms with E-state index in [9.17, 15) is 15.3 Å². The van der Waals surface area contributed by atoms with Crippen molar-refractivity contribution < 1.29 is 19.7 Å². The Hall–Kier alpha value is -3.40. The Kier molecular flexibility index (Phi) is 3.17. The van der Waals surface area contributed by atoms with Gasteiger partial charge in [0.15, 0.2) is 0 Å². The lowest BCUT2D eigenvalue weighted by atomic mass is 9.98. The fourth-order valence-corrected chi connectivity index (χ4v) is 2.92. The number of hydrogen-bond donors (Lipinski definition) is 3. The van der Waals surface area contributed by atoms with Gasteiger partial charge < -0.3 is 19.7 Å². The van der Waals surface area contributed by atoms with E-state index in [-0.39, 0.29) is 17.2 Å². The first kappa shape index (κ1) is 14.2. The Morgan fingerprint density at radius 3 is 2.08 bits per heavy atom. The topological polar surface area (TPSA) is 73.8 Å². The van der Waals surface area contributed by atoms with E-state index in [4.69, 9.17) is 4.42 Å². The van der Waals surface area contributed by atoms with Crippen LogP contribution in [0.25, 0.3) is 33.4 Å². The van der Waals surface area contributed by atoms with E-state index in [1.54, 1.807) is 30.3 Å². The summed E-state index contributed by atoms with van der Waals surface area (Å²) in [5.74, 6) is 0.643. The zero-order valence-corrected chi connectivity index (χ0v) is 12.6. The summed E-state index contributed by atoms with van der Waals surface area (Å²) in [6, 6.07) is 18.8. The van der Waals surface area contributed by atoms with Crippen molar-refractivity contribution in [1.82, 2.24) is 0 Å². The summed E-state index contributed by atoms with van der Waals surface area (Å²) < 4.78 is 6.00. The molecule has 0 unspecified atom stereocenters. The second-order valence-electron chi connectivity index (χ2n) is 5.59. The second kappa shape index (κ2) is 5.35. The van der Waals surface area contributed by atoms with Gasteiger partial charge in [-0.05, 0) is 35.9 Å². The lowest BCUT2D eigenvalue weighted by Gasteiger charge is -2.06. The number of benzene rings is 3. The minimum atomic E-state index is -0.0304. The van der Waals surface area contributed by atoms with Crippen LogP contribution in [0.4, 0.5) is 0 Å². The average Bonchev–Trinajstić information content (AvgIpc) is 2.93. The molecule has 0 saturated carbocycles. The fraction of sp³-hybridized carbons (Fsp3) is 0. The lowest BCUT2D eigenvalue weighted by Crippen LogP contribution is -1.82. The third-order valence-corrected chi connectivity index (χ3v) is 3.90. The maximum absolute atomic E-state index is 9.84. The molecular weight excluding hydrogens is 304 g/mol. The number of furan rings is 1. The van der Waals surface area contributed by atoms with Gasteiger partial charge in [0.05, 0.1) is 0 Å². The number of rotatable bonds is 2.